The summed E-state index contributed by atoms with van der Waals surface area (Å²) >= 11 is 5.80. The first-order valence-corrected chi connectivity index (χ1v) is 12.7. The SMILES string of the molecule is CCCS(=O)(=O)[C@@H](OC[C@H]1O[C@@H](n2cnc3c(N)nc(Cl)nc32)[C@H](O)[C@@H]1O)P(=O)(O)O. The van der Waals surface area contributed by atoms with Crippen LogP contribution in [0, 0.1) is 0 Å². The van der Waals surface area contributed by atoms with Crippen molar-refractivity contribution < 1.29 is 42.5 Å². The topological polar surface area (TPSA) is 220 Å². The minimum absolute atomic E-state index is 0.0210. The van der Waals surface area contributed by atoms with Crippen LogP contribution in [0.4, 0.5) is 5.82 Å². The van der Waals surface area contributed by atoms with Crippen LogP contribution in [0.3, 0.4) is 0 Å². The van der Waals surface area contributed by atoms with Crippen molar-refractivity contribution in [2.75, 3.05) is 18.1 Å². The van der Waals surface area contributed by atoms with Gasteiger partial charge in [0.05, 0.1) is 18.7 Å². The maximum Gasteiger partial charge on any atom is 0.369 e. The van der Waals surface area contributed by atoms with Gasteiger partial charge in [0.2, 0.25) is 5.28 Å². The van der Waals surface area contributed by atoms with Crippen LogP contribution >= 0.6 is 19.2 Å². The minimum atomic E-state index is -5.20. The first-order valence-electron chi connectivity index (χ1n) is 8.92. The van der Waals surface area contributed by atoms with E-state index in [1.54, 1.807) is 0 Å². The number of hydrogen-bond acceptors (Lipinski definition) is 11. The second kappa shape index (κ2) is 8.84. The highest BCUT2D eigenvalue weighted by Crippen LogP contribution is 2.45. The molecule has 0 saturated carbocycles. The zero-order valence-corrected chi connectivity index (χ0v) is 18.5. The van der Waals surface area contributed by atoms with E-state index in [0.29, 0.717) is 0 Å². The zero-order valence-electron chi connectivity index (χ0n) is 16.0. The fourth-order valence-electron chi connectivity index (χ4n) is 3.17. The van der Waals surface area contributed by atoms with Gasteiger partial charge < -0.3 is 35.2 Å². The monoisotopic (exact) mass is 501 g/mol. The van der Waals surface area contributed by atoms with Crippen LogP contribution in [0.15, 0.2) is 6.33 Å². The summed E-state index contributed by atoms with van der Waals surface area (Å²) in [6.07, 6.45) is -4.35. The third-order valence-electron chi connectivity index (χ3n) is 4.51. The smallest absolute Gasteiger partial charge is 0.369 e. The van der Waals surface area contributed by atoms with Gasteiger partial charge in [-0.25, -0.2) is 13.4 Å². The Morgan fingerprint density at radius 3 is 2.65 bits per heavy atom. The zero-order chi connectivity index (χ0) is 23.1. The van der Waals surface area contributed by atoms with E-state index in [4.69, 9.17) is 26.8 Å². The average molecular weight is 502 g/mol. The number of fused-ring (bicyclic) bond motifs is 1. The van der Waals surface area contributed by atoms with Gasteiger partial charge in [-0.1, -0.05) is 6.92 Å². The standard InChI is InChI=1S/C14H21ClN5O9PS/c1-2-3-31(26,27)14(30(23,24)25)28-4-6-8(21)9(22)12(29-6)20-5-17-7-10(16)18-13(15)19-11(7)20/h5-6,8-9,12,14,21-22H,2-4H2,1H3,(H2,16,18,19)(H2,23,24,25)/t6-,8-,9-,12-,14+/m1/s1. The molecule has 17 heteroatoms. The normalized spacial score (nSPS) is 25.9. The Morgan fingerprint density at radius 2 is 2.03 bits per heavy atom. The molecule has 0 amide bonds. The van der Waals surface area contributed by atoms with Gasteiger partial charge in [0.1, 0.15) is 23.8 Å². The molecule has 3 heterocycles. The summed E-state index contributed by atoms with van der Waals surface area (Å²) in [7, 11) is -9.49. The molecule has 0 aromatic carbocycles. The lowest BCUT2D eigenvalue weighted by Crippen LogP contribution is -2.36. The predicted octanol–water partition coefficient (Wildman–Crippen LogP) is -1.02. The summed E-state index contributed by atoms with van der Waals surface area (Å²) in [5.74, 6) is -0.530. The number of imidazole rings is 1. The number of rotatable bonds is 8. The van der Waals surface area contributed by atoms with Gasteiger partial charge in [-0.05, 0) is 18.0 Å². The Kier molecular flexibility index (Phi) is 6.91. The molecule has 6 N–H and O–H groups in total. The van der Waals surface area contributed by atoms with Crippen molar-refractivity contribution in [3.05, 3.63) is 11.6 Å². The van der Waals surface area contributed by atoms with Crippen molar-refractivity contribution >= 4 is 46.0 Å². The number of nitrogens with two attached hydrogens (primary N) is 1. The highest BCUT2D eigenvalue weighted by atomic mass is 35.5. The number of aliphatic hydroxyl groups excluding tert-OH is 2. The molecule has 0 unspecified atom stereocenters. The molecule has 1 aliphatic heterocycles. The molecule has 5 atom stereocenters. The summed E-state index contributed by atoms with van der Waals surface area (Å²) < 4.78 is 47.8. The molecule has 0 spiro atoms. The molecule has 0 aliphatic carbocycles. The van der Waals surface area contributed by atoms with Gasteiger partial charge in [-0.2, -0.15) is 9.97 Å². The molecular weight excluding hydrogens is 481 g/mol. The molecule has 0 radical (unpaired) electrons. The second-order valence-corrected chi connectivity index (χ2v) is 11.3. The van der Waals surface area contributed by atoms with Gasteiger partial charge in [-0.3, -0.25) is 9.13 Å². The van der Waals surface area contributed by atoms with E-state index in [-0.39, 0.29) is 28.7 Å². The Balaban J connectivity index is 1.82. The lowest BCUT2D eigenvalue weighted by atomic mass is 10.1. The van der Waals surface area contributed by atoms with E-state index < -0.39 is 59.5 Å². The van der Waals surface area contributed by atoms with E-state index in [1.165, 1.54) is 17.8 Å². The molecule has 1 aliphatic rings. The summed E-state index contributed by atoms with van der Waals surface area (Å²) in [6.45, 7) is 0.801. The maximum atomic E-state index is 12.2. The summed E-state index contributed by atoms with van der Waals surface area (Å²) in [6, 6.07) is 0. The summed E-state index contributed by atoms with van der Waals surface area (Å²) in [5, 5.41) is 18.1. The number of nitrogens with zero attached hydrogens (tertiary/aromatic N) is 4. The Morgan fingerprint density at radius 1 is 1.35 bits per heavy atom. The van der Waals surface area contributed by atoms with E-state index in [0.717, 1.165) is 0 Å². The number of hydrogen-bond donors (Lipinski definition) is 5. The van der Waals surface area contributed by atoms with Crippen LogP contribution in [0.5, 0.6) is 0 Å². The minimum Gasteiger partial charge on any atom is -0.387 e. The van der Waals surface area contributed by atoms with E-state index in [2.05, 4.69) is 15.0 Å². The van der Waals surface area contributed by atoms with E-state index in [9.17, 15) is 33.0 Å². The van der Waals surface area contributed by atoms with Gasteiger partial charge in [-0.15, -0.1) is 0 Å². The summed E-state index contributed by atoms with van der Waals surface area (Å²) in [4.78, 5) is 30.6. The van der Waals surface area contributed by atoms with Crippen molar-refractivity contribution in [2.24, 2.45) is 0 Å². The largest absolute Gasteiger partial charge is 0.387 e. The first kappa shape index (κ1) is 24.2. The molecule has 0 bridgehead atoms. The second-order valence-electron chi connectivity index (χ2n) is 6.84. The van der Waals surface area contributed by atoms with Crippen LogP contribution < -0.4 is 5.73 Å². The lowest BCUT2D eigenvalue weighted by molar-refractivity contribution is -0.0648. The number of aromatic nitrogens is 4. The Bertz CT molecular complexity index is 1110. The van der Waals surface area contributed by atoms with Crippen molar-refractivity contribution in [3.8, 4) is 0 Å². The van der Waals surface area contributed by atoms with Gasteiger partial charge in [0.15, 0.2) is 27.5 Å². The Labute approximate surface area is 181 Å². The Hall–Kier alpha value is -1.42. The molecule has 2 aromatic rings. The third-order valence-corrected chi connectivity index (χ3v) is 8.89. The molecule has 2 aromatic heterocycles. The van der Waals surface area contributed by atoms with Crippen LogP contribution in [0.1, 0.15) is 19.6 Å². The van der Waals surface area contributed by atoms with Gasteiger partial charge >= 0.3 is 7.60 Å². The number of halogens is 1. The molecule has 1 saturated heterocycles. The third kappa shape index (κ3) is 4.84. The van der Waals surface area contributed by atoms with Crippen molar-refractivity contribution in [3.63, 3.8) is 0 Å². The molecular formula is C14H21ClN5O9PS. The van der Waals surface area contributed by atoms with Gasteiger partial charge in [0, 0.05) is 0 Å². The first-order chi connectivity index (χ1) is 14.4. The average Bonchev–Trinajstić information content (AvgIpc) is 3.16. The predicted molar refractivity (Wildman–Crippen MR) is 107 cm³/mol. The number of sulfone groups is 1. The van der Waals surface area contributed by atoms with Crippen LogP contribution in [-0.4, -0.2) is 83.8 Å². The fourth-order valence-corrected chi connectivity index (χ4v) is 6.66. The molecule has 3 rings (SSSR count). The number of anilines is 1. The highest BCUT2D eigenvalue weighted by Gasteiger charge is 2.47. The van der Waals surface area contributed by atoms with Crippen molar-refractivity contribution in [1.29, 1.82) is 0 Å². The molecule has 31 heavy (non-hydrogen) atoms. The van der Waals surface area contributed by atoms with E-state index >= 15 is 0 Å². The van der Waals surface area contributed by atoms with E-state index in [1.807, 2.05) is 0 Å². The molecule has 14 nitrogen and oxygen atoms in total. The van der Waals surface area contributed by atoms with Crippen LogP contribution in [0.2, 0.25) is 5.28 Å². The number of nitrogen functional groups attached to an aromatic ring is 1. The van der Waals surface area contributed by atoms with Crippen LogP contribution in [-0.2, 0) is 23.9 Å². The van der Waals surface area contributed by atoms with Crippen LogP contribution in [0.25, 0.3) is 11.2 Å². The van der Waals surface area contributed by atoms with Gasteiger partial charge in [0.25, 0.3) is 5.18 Å². The number of aliphatic hydroxyl groups is 2. The molecule has 174 valence electrons. The fraction of sp³-hybridized carbons (Fsp3) is 0.643. The summed E-state index contributed by atoms with van der Waals surface area (Å²) in [5.41, 5.74) is 6.00. The molecule has 1 fully saturated rings. The lowest BCUT2D eigenvalue weighted by Gasteiger charge is -2.22. The number of ether oxygens (including phenoxy) is 2. The van der Waals surface area contributed by atoms with Crippen molar-refractivity contribution in [1.82, 2.24) is 19.5 Å². The highest BCUT2D eigenvalue weighted by molar-refractivity contribution is 7.98. The quantitative estimate of drug-likeness (QED) is 0.216. The maximum absolute atomic E-state index is 12.2. The van der Waals surface area contributed by atoms with Crippen molar-refractivity contribution in [2.45, 2.75) is 43.1 Å².